The number of piperidine rings is 1. The minimum Gasteiger partial charge on any atom is -0.489 e. The van der Waals surface area contributed by atoms with Crippen molar-refractivity contribution in [2.75, 3.05) is 25.4 Å². The van der Waals surface area contributed by atoms with Crippen molar-refractivity contribution >= 4 is 11.3 Å². The molecule has 3 heterocycles. The van der Waals surface area contributed by atoms with E-state index in [-0.39, 0.29) is 0 Å². The number of fused-ring (bicyclic) bond motifs is 1. The number of nitrogens with zero attached hydrogens (tertiary/aromatic N) is 5. The zero-order valence-corrected chi connectivity index (χ0v) is 20.0. The van der Waals surface area contributed by atoms with E-state index in [1.54, 1.807) is 0 Å². The predicted molar refractivity (Wildman–Crippen MR) is 137 cm³/mol. The van der Waals surface area contributed by atoms with Crippen molar-refractivity contribution in [1.82, 2.24) is 24.5 Å². The molecule has 2 N–H and O–H groups in total. The molecule has 1 saturated heterocycles. The molecule has 2 fully saturated rings. The largest absolute Gasteiger partial charge is 0.489 e. The number of nitrogens with two attached hydrogens (primary N) is 1. The number of likely N-dealkylation sites (tertiary alicyclic amines) is 1. The summed E-state index contributed by atoms with van der Waals surface area (Å²) in [6.07, 6.45) is 7.90. The molecular weight excluding hydrogens is 436 g/mol. The zero-order chi connectivity index (χ0) is 23.6. The van der Waals surface area contributed by atoms with Crippen LogP contribution in [0.4, 0.5) is 5.82 Å². The maximum atomic E-state index is 6.34. The van der Waals surface area contributed by atoms with Crippen LogP contribution in [0.1, 0.15) is 49.4 Å². The van der Waals surface area contributed by atoms with Crippen LogP contribution >= 0.6 is 0 Å². The fourth-order valence-electron chi connectivity index (χ4n) is 5.52. The Labute approximate surface area is 206 Å². The first-order chi connectivity index (χ1) is 17.2. The Morgan fingerprint density at radius 1 is 0.971 bits per heavy atom. The number of aromatic nitrogens is 4. The molecule has 0 unspecified atom stereocenters. The molecule has 0 atom stereocenters. The number of hydrogen-bond acceptors (Lipinski definition) is 6. The minimum atomic E-state index is 0.401. The molecule has 0 amide bonds. The second-order valence-electron chi connectivity index (χ2n) is 9.92. The van der Waals surface area contributed by atoms with Crippen molar-refractivity contribution in [3.8, 4) is 17.0 Å². The van der Waals surface area contributed by atoms with E-state index in [4.69, 9.17) is 15.5 Å². The molecule has 2 aliphatic rings. The maximum Gasteiger partial charge on any atom is 0.153 e. The van der Waals surface area contributed by atoms with Crippen LogP contribution in [-0.4, -0.2) is 44.1 Å². The van der Waals surface area contributed by atoms with Gasteiger partial charge in [-0.2, -0.15) is 5.10 Å². The van der Waals surface area contributed by atoms with Gasteiger partial charge in [0.1, 0.15) is 35.7 Å². The first-order valence-electron chi connectivity index (χ1n) is 12.7. The number of imidazole rings is 1. The number of hydrogen-bond donors (Lipinski definition) is 1. The SMILES string of the molecule is Nc1ncnn2c(C3CC(CN4CCCCC4)C3)nc(-c3cccc(OCc4ccccc4)c3)c12. The predicted octanol–water partition coefficient (Wildman–Crippen LogP) is 4.93. The summed E-state index contributed by atoms with van der Waals surface area (Å²) in [7, 11) is 0. The number of ether oxygens (including phenoxy) is 1. The van der Waals surface area contributed by atoms with Gasteiger partial charge in [0, 0.05) is 18.0 Å². The van der Waals surface area contributed by atoms with Crippen molar-refractivity contribution in [2.45, 2.75) is 44.6 Å². The van der Waals surface area contributed by atoms with Crippen molar-refractivity contribution in [1.29, 1.82) is 0 Å². The third-order valence-electron chi connectivity index (χ3n) is 7.41. The molecule has 180 valence electrons. The van der Waals surface area contributed by atoms with Gasteiger partial charge in [-0.3, -0.25) is 0 Å². The van der Waals surface area contributed by atoms with Crippen molar-refractivity contribution in [3.63, 3.8) is 0 Å². The lowest BCUT2D eigenvalue weighted by Crippen LogP contribution is -2.38. The van der Waals surface area contributed by atoms with Crippen molar-refractivity contribution in [2.24, 2.45) is 5.92 Å². The second kappa shape index (κ2) is 9.66. The Kier molecular flexibility index (Phi) is 6.08. The summed E-state index contributed by atoms with van der Waals surface area (Å²) in [5.74, 6) is 3.39. The zero-order valence-electron chi connectivity index (χ0n) is 20.0. The molecule has 1 aliphatic carbocycles. The summed E-state index contributed by atoms with van der Waals surface area (Å²) in [6.45, 7) is 4.24. The molecular formula is C28H32N6O. The molecule has 7 heteroatoms. The van der Waals surface area contributed by atoms with Gasteiger partial charge < -0.3 is 15.4 Å². The summed E-state index contributed by atoms with van der Waals surface area (Å²) in [6, 6.07) is 18.2. The highest BCUT2D eigenvalue weighted by Crippen LogP contribution is 2.43. The number of benzene rings is 2. The Morgan fingerprint density at radius 3 is 2.63 bits per heavy atom. The summed E-state index contributed by atoms with van der Waals surface area (Å²) < 4.78 is 7.98. The van der Waals surface area contributed by atoms with E-state index in [9.17, 15) is 0 Å². The average Bonchev–Trinajstić information content (AvgIpc) is 3.27. The van der Waals surface area contributed by atoms with Crippen molar-refractivity contribution < 1.29 is 4.74 Å². The van der Waals surface area contributed by atoms with Gasteiger partial charge in [0.15, 0.2) is 5.82 Å². The topological polar surface area (TPSA) is 81.6 Å². The molecule has 0 spiro atoms. The van der Waals surface area contributed by atoms with Gasteiger partial charge in [-0.25, -0.2) is 14.5 Å². The van der Waals surface area contributed by atoms with Gasteiger partial charge >= 0.3 is 0 Å². The first-order valence-corrected chi connectivity index (χ1v) is 12.7. The summed E-state index contributed by atoms with van der Waals surface area (Å²) >= 11 is 0. The molecule has 0 bridgehead atoms. The fraction of sp³-hybridized carbons (Fsp3) is 0.393. The van der Waals surface area contributed by atoms with Gasteiger partial charge in [0.2, 0.25) is 0 Å². The van der Waals surface area contributed by atoms with E-state index in [1.165, 1.54) is 45.2 Å². The Hall–Kier alpha value is -3.45. The van der Waals surface area contributed by atoms with E-state index in [0.29, 0.717) is 18.3 Å². The molecule has 2 aromatic heterocycles. The van der Waals surface area contributed by atoms with E-state index in [0.717, 1.165) is 52.7 Å². The van der Waals surface area contributed by atoms with E-state index in [1.807, 2.05) is 47.0 Å². The Bertz CT molecular complexity index is 1290. The molecule has 35 heavy (non-hydrogen) atoms. The first kappa shape index (κ1) is 22.0. The van der Waals surface area contributed by atoms with Crippen LogP contribution in [0.15, 0.2) is 60.9 Å². The fourth-order valence-corrected chi connectivity index (χ4v) is 5.52. The number of nitrogen functional groups attached to an aromatic ring is 1. The maximum absolute atomic E-state index is 6.34. The lowest BCUT2D eigenvalue weighted by molar-refractivity contribution is 0.137. The number of anilines is 1. The molecule has 1 aliphatic heterocycles. The monoisotopic (exact) mass is 468 g/mol. The molecule has 4 aromatic rings. The molecule has 0 radical (unpaired) electrons. The van der Waals surface area contributed by atoms with E-state index in [2.05, 4.69) is 27.1 Å². The lowest BCUT2D eigenvalue weighted by Gasteiger charge is -2.39. The average molecular weight is 469 g/mol. The Morgan fingerprint density at radius 2 is 1.80 bits per heavy atom. The standard InChI is InChI=1S/C28H32N6O/c29-27-26-25(22-10-7-11-24(16-22)35-18-20-8-3-1-4-9-20)32-28(34(26)31-19-30-27)23-14-21(15-23)17-33-12-5-2-6-13-33/h1,3-4,7-11,16,19,21,23H,2,5-6,12-15,17-18H2,(H2,29,30,31). The smallest absolute Gasteiger partial charge is 0.153 e. The van der Waals surface area contributed by atoms with Gasteiger partial charge in [0.25, 0.3) is 0 Å². The Balaban J connectivity index is 1.23. The van der Waals surface area contributed by atoms with Gasteiger partial charge in [-0.05, 0) is 62.4 Å². The van der Waals surface area contributed by atoms with Crippen LogP contribution in [0, 0.1) is 5.92 Å². The van der Waals surface area contributed by atoms with Gasteiger partial charge in [0.05, 0.1) is 0 Å². The highest BCUT2D eigenvalue weighted by molar-refractivity contribution is 5.85. The van der Waals surface area contributed by atoms with Gasteiger partial charge in [-0.15, -0.1) is 0 Å². The molecule has 1 saturated carbocycles. The third kappa shape index (κ3) is 4.60. The molecule has 6 rings (SSSR count). The molecule has 7 nitrogen and oxygen atoms in total. The third-order valence-corrected chi connectivity index (χ3v) is 7.41. The summed E-state index contributed by atoms with van der Waals surface area (Å²) in [5, 5.41) is 4.55. The lowest BCUT2D eigenvalue weighted by atomic mass is 9.74. The molecule has 2 aromatic carbocycles. The quantitative estimate of drug-likeness (QED) is 0.414. The van der Waals surface area contributed by atoms with E-state index >= 15 is 0 Å². The summed E-state index contributed by atoms with van der Waals surface area (Å²) in [4.78, 5) is 12.0. The van der Waals surface area contributed by atoms with Crippen LogP contribution in [0.5, 0.6) is 5.75 Å². The van der Waals surface area contributed by atoms with E-state index < -0.39 is 0 Å². The normalized spacial score (nSPS) is 20.6. The highest BCUT2D eigenvalue weighted by Gasteiger charge is 2.35. The van der Waals surface area contributed by atoms with Crippen LogP contribution in [-0.2, 0) is 6.61 Å². The van der Waals surface area contributed by atoms with Crippen LogP contribution in [0.25, 0.3) is 16.8 Å². The highest BCUT2D eigenvalue weighted by atomic mass is 16.5. The van der Waals surface area contributed by atoms with Gasteiger partial charge in [-0.1, -0.05) is 48.9 Å². The van der Waals surface area contributed by atoms with Crippen molar-refractivity contribution in [3.05, 3.63) is 72.3 Å². The van der Waals surface area contributed by atoms with Crippen LogP contribution in [0.3, 0.4) is 0 Å². The van der Waals surface area contributed by atoms with Crippen LogP contribution < -0.4 is 10.5 Å². The number of rotatable bonds is 7. The summed E-state index contributed by atoms with van der Waals surface area (Å²) in [5.41, 5.74) is 10.0. The van der Waals surface area contributed by atoms with Crippen LogP contribution in [0.2, 0.25) is 0 Å². The second-order valence-corrected chi connectivity index (χ2v) is 9.92. The minimum absolute atomic E-state index is 0.401.